The monoisotopic (exact) mass is 406 g/mol. The largest absolute Gasteiger partial charge is 0.444 e. The quantitative estimate of drug-likeness (QED) is 0.408. The van der Waals surface area contributed by atoms with Crippen molar-refractivity contribution >= 4 is 23.4 Å². The van der Waals surface area contributed by atoms with E-state index in [2.05, 4.69) is 10.6 Å². The number of benzene rings is 1. The zero-order chi connectivity index (χ0) is 21.4. The zero-order valence-corrected chi connectivity index (χ0v) is 17.3. The summed E-state index contributed by atoms with van der Waals surface area (Å²) >= 11 is 0. The Morgan fingerprint density at radius 2 is 1.83 bits per heavy atom. The van der Waals surface area contributed by atoms with Gasteiger partial charge in [0.2, 0.25) is 5.91 Å². The fraction of sp³-hybridized carbons (Fsp3) is 0.600. The molecule has 2 N–H and O–H groups in total. The van der Waals surface area contributed by atoms with Crippen LogP contribution in [0.15, 0.2) is 24.3 Å². The Labute approximate surface area is 170 Å². The maximum absolute atomic E-state index is 12.1. The lowest BCUT2D eigenvalue weighted by molar-refractivity contribution is -0.384. The number of nitro groups is 1. The summed E-state index contributed by atoms with van der Waals surface area (Å²) in [6, 6.07) is 6.26. The molecule has 1 aliphatic heterocycles. The molecule has 0 aromatic heterocycles. The lowest BCUT2D eigenvalue weighted by Crippen LogP contribution is -2.47. The number of amides is 2. The number of ether oxygens (including phenoxy) is 1. The van der Waals surface area contributed by atoms with E-state index in [0.29, 0.717) is 45.3 Å². The smallest absolute Gasteiger partial charge is 0.410 e. The van der Waals surface area contributed by atoms with Crippen LogP contribution in [0.5, 0.6) is 0 Å². The van der Waals surface area contributed by atoms with Crippen molar-refractivity contribution in [2.45, 2.75) is 58.1 Å². The molecule has 0 unspecified atom stereocenters. The Bertz CT molecular complexity index is 707. The van der Waals surface area contributed by atoms with Crippen molar-refractivity contribution in [1.82, 2.24) is 10.2 Å². The SMILES string of the molecule is CC(C)(C)OC(=O)N1CCC(NC(=O)CCCNc2ccc([N+](=O)[O-])cc2)CC1. The van der Waals surface area contributed by atoms with Crippen LogP contribution in [0.1, 0.15) is 46.5 Å². The molecule has 9 nitrogen and oxygen atoms in total. The second-order valence-corrected chi connectivity index (χ2v) is 8.14. The highest BCUT2D eigenvalue weighted by Crippen LogP contribution is 2.17. The molecule has 1 saturated heterocycles. The van der Waals surface area contributed by atoms with E-state index in [0.717, 1.165) is 5.69 Å². The summed E-state index contributed by atoms with van der Waals surface area (Å²) in [6.07, 6.45) is 2.17. The van der Waals surface area contributed by atoms with Crippen molar-refractivity contribution in [2.75, 3.05) is 25.0 Å². The van der Waals surface area contributed by atoms with Crippen molar-refractivity contribution in [1.29, 1.82) is 0 Å². The average Bonchev–Trinajstić information content (AvgIpc) is 2.65. The van der Waals surface area contributed by atoms with Crippen LogP contribution in [0.2, 0.25) is 0 Å². The van der Waals surface area contributed by atoms with Crippen molar-refractivity contribution in [3.63, 3.8) is 0 Å². The Kier molecular flexibility index (Phi) is 7.81. The van der Waals surface area contributed by atoms with Gasteiger partial charge in [0.1, 0.15) is 5.60 Å². The number of nitrogens with zero attached hydrogens (tertiary/aromatic N) is 2. The second kappa shape index (κ2) is 10.1. The van der Waals surface area contributed by atoms with Gasteiger partial charge in [0.25, 0.3) is 5.69 Å². The number of nitrogens with one attached hydrogen (secondary N) is 2. The minimum absolute atomic E-state index is 0.00813. The Balaban J connectivity index is 1.61. The fourth-order valence-corrected chi connectivity index (χ4v) is 3.02. The van der Waals surface area contributed by atoms with E-state index in [4.69, 9.17) is 4.74 Å². The predicted octanol–water partition coefficient (Wildman–Crippen LogP) is 3.30. The normalized spacial score (nSPS) is 14.9. The van der Waals surface area contributed by atoms with Crippen LogP contribution in [0.4, 0.5) is 16.2 Å². The number of hydrogen-bond donors (Lipinski definition) is 2. The van der Waals surface area contributed by atoms with Gasteiger partial charge < -0.3 is 20.3 Å². The third-order valence-electron chi connectivity index (χ3n) is 4.50. The van der Waals surface area contributed by atoms with Crippen LogP contribution in [0.25, 0.3) is 0 Å². The van der Waals surface area contributed by atoms with Gasteiger partial charge in [-0.3, -0.25) is 14.9 Å². The number of carbonyl (C=O) groups excluding carboxylic acids is 2. The molecule has 160 valence electrons. The number of hydrogen-bond acceptors (Lipinski definition) is 6. The molecule has 0 radical (unpaired) electrons. The van der Waals surface area contributed by atoms with E-state index < -0.39 is 10.5 Å². The van der Waals surface area contributed by atoms with Gasteiger partial charge in [-0.25, -0.2) is 4.79 Å². The molecule has 9 heteroatoms. The number of anilines is 1. The summed E-state index contributed by atoms with van der Waals surface area (Å²) in [5.41, 5.74) is 0.322. The molecule has 29 heavy (non-hydrogen) atoms. The predicted molar refractivity (Wildman–Crippen MR) is 110 cm³/mol. The first-order valence-electron chi connectivity index (χ1n) is 9.89. The van der Waals surface area contributed by atoms with E-state index in [9.17, 15) is 19.7 Å². The van der Waals surface area contributed by atoms with Crippen LogP contribution in [-0.4, -0.2) is 53.1 Å². The molecular formula is C20H30N4O5. The van der Waals surface area contributed by atoms with E-state index in [1.807, 2.05) is 20.8 Å². The van der Waals surface area contributed by atoms with E-state index in [-0.39, 0.29) is 23.7 Å². The molecule has 0 bridgehead atoms. The number of non-ortho nitro benzene ring substituents is 1. The van der Waals surface area contributed by atoms with Gasteiger partial charge in [-0.1, -0.05) is 0 Å². The maximum atomic E-state index is 12.1. The van der Waals surface area contributed by atoms with Crippen molar-refractivity contribution < 1.29 is 19.2 Å². The van der Waals surface area contributed by atoms with Crippen molar-refractivity contribution in [3.8, 4) is 0 Å². The number of carbonyl (C=O) groups is 2. The van der Waals surface area contributed by atoms with E-state index >= 15 is 0 Å². The van der Waals surface area contributed by atoms with Gasteiger partial charge in [0, 0.05) is 49.9 Å². The molecule has 0 atom stereocenters. The number of likely N-dealkylation sites (tertiary alicyclic amines) is 1. The zero-order valence-electron chi connectivity index (χ0n) is 17.3. The lowest BCUT2D eigenvalue weighted by atomic mass is 10.1. The highest BCUT2D eigenvalue weighted by Gasteiger charge is 2.27. The first kappa shape index (κ1) is 22.4. The van der Waals surface area contributed by atoms with Gasteiger partial charge in [0.15, 0.2) is 0 Å². The molecule has 0 saturated carbocycles. The number of nitro benzene ring substituents is 1. The molecule has 0 spiro atoms. The van der Waals surface area contributed by atoms with Crippen molar-refractivity contribution in [2.24, 2.45) is 0 Å². The highest BCUT2D eigenvalue weighted by atomic mass is 16.6. The number of piperidine rings is 1. The van der Waals surface area contributed by atoms with Gasteiger partial charge in [-0.15, -0.1) is 0 Å². The van der Waals surface area contributed by atoms with E-state index in [1.54, 1.807) is 17.0 Å². The fourth-order valence-electron chi connectivity index (χ4n) is 3.02. The summed E-state index contributed by atoms with van der Waals surface area (Å²) in [5.74, 6) is -0.00813. The molecule has 2 rings (SSSR count). The minimum Gasteiger partial charge on any atom is -0.444 e. The maximum Gasteiger partial charge on any atom is 0.410 e. The van der Waals surface area contributed by atoms with E-state index in [1.165, 1.54) is 12.1 Å². The van der Waals surface area contributed by atoms with Gasteiger partial charge >= 0.3 is 6.09 Å². The average molecular weight is 406 g/mol. The third-order valence-corrected chi connectivity index (χ3v) is 4.50. The lowest BCUT2D eigenvalue weighted by Gasteiger charge is -2.33. The van der Waals surface area contributed by atoms with Gasteiger partial charge in [0.05, 0.1) is 4.92 Å². The molecule has 1 aromatic carbocycles. The summed E-state index contributed by atoms with van der Waals surface area (Å²) in [4.78, 5) is 36.1. The molecule has 1 fully saturated rings. The van der Waals surface area contributed by atoms with Gasteiger partial charge in [-0.2, -0.15) is 0 Å². The van der Waals surface area contributed by atoms with Gasteiger partial charge in [-0.05, 0) is 52.2 Å². The highest BCUT2D eigenvalue weighted by molar-refractivity contribution is 5.76. The molecule has 1 aromatic rings. The summed E-state index contributed by atoms with van der Waals surface area (Å²) in [5, 5.41) is 16.8. The first-order chi connectivity index (χ1) is 13.6. The molecule has 1 heterocycles. The topological polar surface area (TPSA) is 114 Å². The summed E-state index contributed by atoms with van der Waals surface area (Å²) in [7, 11) is 0. The first-order valence-corrected chi connectivity index (χ1v) is 9.89. The number of rotatable bonds is 7. The van der Waals surface area contributed by atoms with Crippen LogP contribution >= 0.6 is 0 Å². The minimum atomic E-state index is -0.509. The molecular weight excluding hydrogens is 376 g/mol. The van der Waals surface area contributed by atoms with Crippen LogP contribution in [-0.2, 0) is 9.53 Å². The van der Waals surface area contributed by atoms with Crippen LogP contribution in [0, 0.1) is 10.1 Å². The van der Waals surface area contributed by atoms with Crippen LogP contribution < -0.4 is 10.6 Å². The Morgan fingerprint density at radius 1 is 1.21 bits per heavy atom. The van der Waals surface area contributed by atoms with Crippen molar-refractivity contribution in [3.05, 3.63) is 34.4 Å². The molecule has 0 aliphatic carbocycles. The summed E-state index contributed by atoms with van der Waals surface area (Å²) in [6.45, 7) is 7.27. The standard InChI is InChI=1S/C20H30N4O5/c1-20(2,3)29-19(26)23-13-10-16(11-14-23)22-18(25)5-4-12-21-15-6-8-17(9-7-15)24(27)28/h6-9,16,21H,4-5,10-14H2,1-3H3,(H,22,25). The second-order valence-electron chi connectivity index (χ2n) is 8.14. The Morgan fingerprint density at radius 3 is 2.38 bits per heavy atom. The molecule has 2 amide bonds. The molecule has 1 aliphatic rings. The summed E-state index contributed by atoms with van der Waals surface area (Å²) < 4.78 is 5.37. The third kappa shape index (κ3) is 7.97. The Hall–Kier alpha value is -2.84. The van der Waals surface area contributed by atoms with Crippen LogP contribution in [0.3, 0.4) is 0 Å².